The van der Waals surface area contributed by atoms with Crippen molar-refractivity contribution in [2.75, 3.05) is 0 Å². The fourth-order valence-corrected chi connectivity index (χ4v) is 0. The van der Waals surface area contributed by atoms with Crippen LogP contribution in [0.25, 0.3) is 0 Å². The van der Waals surface area contributed by atoms with Crippen molar-refractivity contribution in [3.8, 4) is 0 Å². The second kappa shape index (κ2) is 2.69. The minimum atomic E-state index is -1.75. The van der Waals surface area contributed by atoms with Gasteiger partial charge in [0, 0.05) is 0 Å². The normalized spacial score (nSPS) is 12.0. The van der Waals surface area contributed by atoms with E-state index >= 15 is 0 Å². The van der Waals surface area contributed by atoms with Crippen molar-refractivity contribution in [1.82, 2.24) is 0 Å². The first kappa shape index (κ1) is 7.46. The van der Waals surface area contributed by atoms with Crippen molar-refractivity contribution in [3.63, 3.8) is 0 Å². The van der Waals surface area contributed by atoms with Gasteiger partial charge in [0.2, 0.25) is 0 Å². The third-order valence-corrected chi connectivity index (χ3v) is 0. The average Bonchev–Trinajstić information content (AvgIpc) is 0.722. The Bertz CT molecular complexity index is 19.1. The predicted octanol–water partition coefficient (Wildman–Crippen LogP) is 3.00. The molecule has 0 aliphatic heterocycles. The zero-order chi connectivity index (χ0) is 4.50. The molecule has 0 N–H and O–H groups in total. The molecule has 0 aliphatic carbocycles. The van der Waals surface area contributed by atoms with Crippen molar-refractivity contribution in [2.45, 2.75) is 0 Å². The average molecular weight is 392 g/mol. The third-order valence-electron chi connectivity index (χ3n) is 0. The Morgan fingerprint density at radius 1 is 0.800 bits per heavy atom. The monoisotopic (exact) mass is 390 g/mol. The first-order valence-corrected chi connectivity index (χ1v) is 20.4. The van der Waals surface area contributed by atoms with Crippen molar-refractivity contribution >= 4 is 61.9 Å². The van der Waals surface area contributed by atoms with Gasteiger partial charge in [0.15, 0.2) is 0 Å². The van der Waals surface area contributed by atoms with Crippen LogP contribution in [0, 0.1) is 0 Å². The van der Waals surface area contributed by atoms with Gasteiger partial charge in [-0.25, -0.2) is 0 Å². The van der Waals surface area contributed by atoms with E-state index in [9.17, 15) is 0 Å². The van der Waals surface area contributed by atoms with Crippen molar-refractivity contribution in [3.05, 3.63) is 0 Å². The molecule has 32 valence electrons. The van der Waals surface area contributed by atoms with Crippen molar-refractivity contribution in [1.29, 1.82) is 0 Å². The molecule has 0 amide bonds. The molecule has 0 aromatic heterocycles. The topological polar surface area (TPSA) is 0 Å². The molecule has 5 heteroatoms. The summed E-state index contributed by atoms with van der Waals surface area (Å²) in [6.45, 7) is 0. The summed E-state index contributed by atoms with van der Waals surface area (Å²) in [5, 5.41) is 0. The van der Waals surface area contributed by atoms with Gasteiger partial charge in [-0.1, -0.05) is 0 Å². The van der Waals surface area contributed by atoms with E-state index in [1.54, 1.807) is 0 Å². The van der Waals surface area contributed by atoms with Crippen LogP contribution in [0.3, 0.4) is 0 Å². The molecule has 0 nitrogen and oxygen atoms in total. The van der Waals surface area contributed by atoms with Gasteiger partial charge in [-0.05, 0) is 0 Å². The van der Waals surface area contributed by atoms with E-state index in [1.165, 1.54) is 0 Å². The van der Waals surface area contributed by atoms with E-state index in [0.29, 0.717) is 0 Å². The molecular weight excluding hydrogens is 392 g/mol. The molecule has 0 bridgehead atoms. The van der Waals surface area contributed by atoms with Gasteiger partial charge in [0.05, 0.1) is 0 Å². The molecule has 0 saturated heterocycles. The van der Waals surface area contributed by atoms with Gasteiger partial charge < -0.3 is 0 Å². The van der Waals surface area contributed by atoms with Crippen molar-refractivity contribution in [2.24, 2.45) is 0 Å². The molecule has 0 heterocycles. The Hall–Kier alpha value is 2.46. The van der Waals surface area contributed by atoms with Crippen LogP contribution in [0.2, 0.25) is 0 Å². The van der Waals surface area contributed by atoms with Gasteiger partial charge in [0.1, 0.15) is 0 Å². The predicted molar refractivity (Wildman–Crippen MR) is 41.5 cm³/mol. The fraction of sp³-hybridized carbons (Fsp3) is 0. The molecule has 0 rings (SSSR count). The molecule has 0 aromatic rings. The summed E-state index contributed by atoms with van der Waals surface area (Å²) in [6, 6.07) is 0. The van der Waals surface area contributed by atoms with Gasteiger partial charge in [0.25, 0.3) is 0 Å². The maximum absolute atomic E-state index is 3.31. The molecule has 5 heavy (non-hydrogen) atoms. The van der Waals surface area contributed by atoms with E-state index in [2.05, 4.69) is 56.0 Å². The quantitative estimate of drug-likeness (QED) is 0.557. The Morgan fingerprint density at radius 3 is 0.800 bits per heavy atom. The van der Waals surface area contributed by atoms with E-state index in [0.717, 1.165) is 0 Å². The number of hydrogen-bond acceptors (Lipinski definition) is 0. The number of rotatable bonds is 0. The third kappa shape index (κ3) is 21.2. The van der Waals surface area contributed by atoms with Crippen LogP contribution in [0.5, 0.6) is 0 Å². The van der Waals surface area contributed by atoms with Crippen LogP contribution in [0.15, 0.2) is 0 Å². The van der Waals surface area contributed by atoms with Gasteiger partial charge >= 0.3 is 61.9 Å². The Labute approximate surface area is 60.9 Å². The first-order chi connectivity index (χ1) is 2.00. The Morgan fingerprint density at radius 2 is 0.800 bits per heavy atom. The van der Waals surface area contributed by atoms with E-state index < -0.39 is 5.90 Å². The van der Waals surface area contributed by atoms with Gasteiger partial charge in [-0.3, -0.25) is 0 Å². The standard InChI is InChI=1S/Br4Ge/c1-5(2,3)4. The molecule has 0 atom stereocenters. The van der Waals surface area contributed by atoms with E-state index in [1.807, 2.05) is 0 Å². The SMILES string of the molecule is [Br][Ge]([Br])([Br])[Br]. The number of halogens is 4. The van der Waals surface area contributed by atoms with Crippen LogP contribution >= 0.6 is 56.0 Å². The summed E-state index contributed by atoms with van der Waals surface area (Å²) < 4.78 is 0. The maximum atomic E-state index is 3.31. The van der Waals surface area contributed by atoms with Crippen LogP contribution in [0.4, 0.5) is 0 Å². The molecular formula is Br4Ge. The molecule has 0 radical (unpaired) electrons. The second-order valence-electron chi connectivity index (χ2n) is 0.429. The zero-order valence-corrected chi connectivity index (χ0v) is 10.5. The van der Waals surface area contributed by atoms with E-state index in [-0.39, 0.29) is 0 Å². The van der Waals surface area contributed by atoms with Gasteiger partial charge in [-0.15, -0.1) is 0 Å². The minimum absolute atomic E-state index is 1.75. The van der Waals surface area contributed by atoms with Crippen LogP contribution in [0.1, 0.15) is 0 Å². The van der Waals surface area contributed by atoms with E-state index in [4.69, 9.17) is 0 Å². The van der Waals surface area contributed by atoms with Crippen molar-refractivity contribution < 1.29 is 0 Å². The molecule has 0 aliphatic rings. The molecule has 0 saturated carbocycles. The summed E-state index contributed by atoms with van der Waals surface area (Å²) in [4.78, 5) is 0. The summed E-state index contributed by atoms with van der Waals surface area (Å²) >= 11 is 13.2. The molecule has 0 fully saturated rings. The molecule has 0 aromatic carbocycles. The molecule has 0 spiro atoms. The summed E-state index contributed by atoms with van der Waals surface area (Å²) in [7, 11) is 0. The second-order valence-corrected chi connectivity index (χ2v) is 60.1. The fourth-order valence-electron chi connectivity index (χ4n) is 0. The number of hydrogen-bond donors (Lipinski definition) is 0. The Balaban J connectivity index is 3.02. The zero-order valence-electron chi connectivity index (χ0n) is 2.01. The van der Waals surface area contributed by atoms with Crippen LogP contribution < -0.4 is 0 Å². The first-order valence-electron chi connectivity index (χ1n) is 0.756. The van der Waals surface area contributed by atoms with Crippen LogP contribution in [-0.4, -0.2) is 5.90 Å². The van der Waals surface area contributed by atoms with Crippen LogP contribution in [-0.2, 0) is 0 Å². The van der Waals surface area contributed by atoms with Gasteiger partial charge in [-0.2, -0.15) is 0 Å². The summed E-state index contributed by atoms with van der Waals surface area (Å²) in [6.07, 6.45) is 0. The Kier molecular flexibility index (Phi) is 4.02. The summed E-state index contributed by atoms with van der Waals surface area (Å²) in [5.74, 6) is -1.75. The summed E-state index contributed by atoms with van der Waals surface area (Å²) in [5.41, 5.74) is 0. The molecule has 0 unspecified atom stereocenters.